The van der Waals surface area contributed by atoms with Crippen LogP contribution in [0.2, 0.25) is 0 Å². The van der Waals surface area contributed by atoms with E-state index in [1.807, 2.05) is 36.8 Å². The first kappa shape index (κ1) is 16.8. The summed E-state index contributed by atoms with van der Waals surface area (Å²) in [6.07, 6.45) is 4.66. The Labute approximate surface area is 132 Å². The van der Waals surface area contributed by atoms with Crippen molar-refractivity contribution in [2.24, 2.45) is 0 Å². The molecule has 2 heterocycles. The van der Waals surface area contributed by atoms with Gasteiger partial charge in [-0.15, -0.1) is 0 Å². The highest BCUT2D eigenvalue weighted by molar-refractivity contribution is 5.89. The maximum Gasteiger partial charge on any atom is 0.322 e. The average Bonchev–Trinajstić information content (AvgIpc) is 2.92. The van der Waals surface area contributed by atoms with Gasteiger partial charge in [0.25, 0.3) is 0 Å². The molecule has 2 amide bonds. The van der Waals surface area contributed by atoms with E-state index in [1.54, 1.807) is 6.20 Å². The molecule has 7 nitrogen and oxygen atoms in total. The fourth-order valence-electron chi connectivity index (χ4n) is 2.49. The first-order valence-electron chi connectivity index (χ1n) is 7.86. The number of amides is 2. The Morgan fingerprint density at radius 3 is 2.95 bits per heavy atom. The van der Waals surface area contributed by atoms with Gasteiger partial charge in [-0.25, -0.2) is 4.79 Å². The van der Waals surface area contributed by atoms with Gasteiger partial charge in [0.05, 0.1) is 30.6 Å². The summed E-state index contributed by atoms with van der Waals surface area (Å²) < 4.78 is 7.62. The van der Waals surface area contributed by atoms with Crippen LogP contribution in [0.1, 0.15) is 20.3 Å². The second kappa shape index (κ2) is 7.60. The summed E-state index contributed by atoms with van der Waals surface area (Å²) in [5.74, 6) is 0. The van der Waals surface area contributed by atoms with Crippen LogP contribution in [0.3, 0.4) is 0 Å². The number of ether oxygens (including phenoxy) is 1. The SMILES string of the molecule is CC[C@@H]1CN(C(=O)Nc2cnn(CCN(C)C)c2)C[C@H](C)O1. The molecule has 0 unspecified atom stereocenters. The third-order valence-electron chi connectivity index (χ3n) is 3.73. The lowest BCUT2D eigenvalue weighted by molar-refractivity contribution is -0.0632. The molecule has 0 radical (unpaired) electrons. The van der Waals surface area contributed by atoms with E-state index >= 15 is 0 Å². The van der Waals surface area contributed by atoms with Crippen LogP contribution >= 0.6 is 0 Å². The van der Waals surface area contributed by atoms with E-state index in [4.69, 9.17) is 4.74 Å². The van der Waals surface area contributed by atoms with Gasteiger partial charge in [-0.2, -0.15) is 5.10 Å². The summed E-state index contributed by atoms with van der Waals surface area (Å²) >= 11 is 0. The zero-order valence-electron chi connectivity index (χ0n) is 14.0. The average molecular weight is 309 g/mol. The number of hydrogen-bond acceptors (Lipinski definition) is 4. The van der Waals surface area contributed by atoms with Crippen molar-refractivity contribution in [1.29, 1.82) is 0 Å². The lowest BCUT2D eigenvalue weighted by Crippen LogP contribution is -2.50. The normalized spacial score (nSPS) is 22.1. The number of carbonyl (C=O) groups is 1. The quantitative estimate of drug-likeness (QED) is 0.895. The van der Waals surface area contributed by atoms with Gasteiger partial charge in [-0.05, 0) is 27.4 Å². The van der Waals surface area contributed by atoms with Crippen LogP contribution in [0.5, 0.6) is 0 Å². The number of hydrogen-bond donors (Lipinski definition) is 1. The molecule has 0 bridgehead atoms. The lowest BCUT2D eigenvalue weighted by atomic mass is 10.2. The van der Waals surface area contributed by atoms with Crippen LogP contribution < -0.4 is 5.32 Å². The predicted octanol–water partition coefficient (Wildman–Crippen LogP) is 1.48. The Kier molecular flexibility index (Phi) is 5.79. The molecule has 2 atom stereocenters. The number of nitrogens with zero attached hydrogens (tertiary/aromatic N) is 4. The minimum Gasteiger partial charge on any atom is -0.372 e. The summed E-state index contributed by atoms with van der Waals surface area (Å²) in [5.41, 5.74) is 0.732. The third-order valence-corrected chi connectivity index (χ3v) is 3.73. The van der Waals surface area contributed by atoms with Gasteiger partial charge in [0, 0.05) is 25.8 Å². The summed E-state index contributed by atoms with van der Waals surface area (Å²) in [6.45, 7) is 7.05. The summed E-state index contributed by atoms with van der Waals surface area (Å²) in [6, 6.07) is -0.0826. The third kappa shape index (κ3) is 4.71. The number of anilines is 1. The van der Waals surface area contributed by atoms with Crippen LogP contribution in [0.25, 0.3) is 0 Å². The Bertz CT molecular complexity index is 488. The fraction of sp³-hybridized carbons (Fsp3) is 0.733. The molecule has 22 heavy (non-hydrogen) atoms. The van der Waals surface area contributed by atoms with Crippen LogP contribution in [0.4, 0.5) is 10.5 Å². The van der Waals surface area contributed by atoms with Gasteiger partial charge in [0.15, 0.2) is 0 Å². The molecule has 124 valence electrons. The van der Waals surface area contributed by atoms with E-state index in [9.17, 15) is 4.79 Å². The molecular formula is C15H27N5O2. The molecular weight excluding hydrogens is 282 g/mol. The second-order valence-electron chi connectivity index (χ2n) is 6.11. The predicted molar refractivity (Wildman–Crippen MR) is 86.0 cm³/mol. The van der Waals surface area contributed by atoms with Gasteiger partial charge >= 0.3 is 6.03 Å². The molecule has 2 rings (SSSR count). The fourth-order valence-corrected chi connectivity index (χ4v) is 2.49. The van der Waals surface area contributed by atoms with E-state index in [2.05, 4.69) is 22.2 Å². The van der Waals surface area contributed by atoms with Crippen molar-refractivity contribution in [3.63, 3.8) is 0 Å². The van der Waals surface area contributed by atoms with E-state index in [0.717, 1.165) is 25.2 Å². The van der Waals surface area contributed by atoms with Gasteiger partial charge in [0.1, 0.15) is 0 Å². The van der Waals surface area contributed by atoms with Crippen molar-refractivity contribution >= 4 is 11.7 Å². The monoisotopic (exact) mass is 309 g/mol. The van der Waals surface area contributed by atoms with Gasteiger partial charge in [0.2, 0.25) is 0 Å². The molecule has 1 saturated heterocycles. The van der Waals surface area contributed by atoms with Crippen molar-refractivity contribution in [3.8, 4) is 0 Å². The molecule has 1 aromatic heterocycles. The summed E-state index contributed by atoms with van der Waals surface area (Å²) in [4.78, 5) is 16.3. The van der Waals surface area contributed by atoms with Gasteiger partial charge in [-0.1, -0.05) is 6.92 Å². The standard InChI is InChI=1S/C15H27N5O2/c1-5-14-11-19(9-12(2)22-14)15(21)17-13-8-16-20(10-13)7-6-18(3)4/h8,10,12,14H,5-7,9,11H2,1-4H3,(H,17,21)/t12-,14+/m0/s1. The zero-order valence-corrected chi connectivity index (χ0v) is 14.0. The molecule has 1 aliphatic heterocycles. The minimum absolute atomic E-state index is 0.0762. The first-order valence-corrected chi connectivity index (χ1v) is 7.86. The second-order valence-corrected chi connectivity index (χ2v) is 6.11. The Morgan fingerprint density at radius 2 is 2.27 bits per heavy atom. The maximum atomic E-state index is 12.4. The number of morpholine rings is 1. The molecule has 1 aromatic rings. The van der Waals surface area contributed by atoms with Crippen molar-refractivity contribution in [2.75, 3.05) is 39.0 Å². The van der Waals surface area contributed by atoms with E-state index in [-0.39, 0.29) is 18.2 Å². The highest BCUT2D eigenvalue weighted by atomic mass is 16.5. The largest absolute Gasteiger partial charge is 0.372 e. The van der Waals surface area contributed by atoms with Crippen LogP contribution in [-0.2, 0) is 11.3 Å². The van der Waals surface area contributed by atoms with Crippen molar-refractivity contribution in [2.45, 2.75) is 39.0 Å². The number of aromatic nitrogens is 2. The van der Waals surface area contributed by atoms with Crippen LogP contribution in [-0.4, -0.2) is 71.5 Å². The molecule has 1 aliphatic rings. The van der Waals surface area contributed by atoms with Gasteiger partial charge < -0.3 is 19.9 Å². The van der Waals surface area contributed by atoms with E-state index in [0.29, 0.717) is 13.1 Å². The van der Waals surface area contributed by atoms with Crippen LogP contribution in [0, 0.1) is 0 Å². The van der Waals surface area contributed by atoms with E-state index < -0.39 is 0 Å². The maximum absolute atomic E-state index is 12.4. The highest BCUT2D eigenvalue weighted by Gasteiger charge is 2.27. The number of rotatable bonds is 5. The molecule has 0 aliphatic carbocycles. The molecule has 0 spiro atoms. The van der Waals surface area contributed by atoms with Gasteiger partial charge in [-0.3, -0.25) is 4.68 Å². The molecule has 0 aromatic carbocycles. The number of likely N-dealkylation sites (N-methyl/N-ethyl adjacent to an activating group) is 1. The Morgan fingerprint density at radius 1 is 1.50 bits per heavy atom. The smallest absolute Gasteiger partial charge is 0.322 e. The number of carbonyl (C=O) groups excluding carboxylic acids is 1. The zero-order chi connectivity index (χ0) is 16.1. The molecule has 1 N–H and O–H groups in total. The topological polar surface area (TPSA) is 62.6 Å². The number of urea groups is 1. The Balaban J connectivity index is 1.88. The molecule has 0 saturated carbocycles. The molecule has 1 fully saturated rings. The summed E-state index contributed by atoms with van der Waals surface area (Å²) in [7, 11) is 4.05. The van der Waals surface area contributed by atoms with Crippen molar-refractivity contribution in [3.05, 3.63) is 12.4 Å². The van der Waals surface area contributed by atoms with Crippen molar-refractivity contribution < 1.29 is 9.53 Å². The lowest BCUT2D eigenvalue weighted by Gasteiger charge is -2.36. The molecule has 7 heteroatoms. The minimum atomic E-state index is -0.0826. The highest BCUT2D eigenvalue weighted by Crippen LogP contribution is 2.15. The van der Waals surface area contributed by atoms with Crippen molar-refractivity contribution in [1.82, 2.24) is 19.6 Å². The van der Waals surface area contributed by atoms with Crippen LogP contribution in [0.15, 0.2) is 12.4 Å². The first-order chi connectivity index (χ1) is 10.5. The Hall–Kier alpha value is -1.60. The van der Waals surface area contributed by atoms with E-state index in [1.165, 1.54) is 0 Å². The number of nitrogens with one attached hydrogen (secondary N) is 1. The summed E-state index contributed by atoms with van der Waals surface area (Å²) in [5, 5.41) is 7.18.